The van der Waals surface area contributed by atoms with Crippen molar-refractivity contribution in [1.82, 2.24) is 0 Å². The lowest BCUT2D eigenvalue weighted by Gasteiger charge is -1.99. The lowest BCUT2D eigenvalue weighted by Crippen LogP contribution is -1.75. The molecule has 0 amide bonds. The van der Waals surface area contributed by atoms with E-state index in [1.165, 1.54) is 11.3 Å². The number of hydrogen-bond acceptors (Lipinski definition) is 2. The molecule has 2 rings (SSSR count). The first-order valence-corrected chi connectivity index (χ1v) is 5.83. The van der Waals surface area contributed by atoms with Gasteiger partial charge in [-0.05, 0) is 34.7 Å². The van der Waals surface area contributed by atoms with Crippen LogP contribution in [0.4, 0.5) is 0 Å². The summed E-state index contributed by atoms with van der Waals surface area (Å²) in [5.41, 5.74) is 1.95. The van der Waals surface area contributed by atoms with Gasteiger partial charge >= 0.3 is 0 Å². The number of carbonyl (C=O) groups is 1. The molecule has 0 atom stereocenters. The van der Waals surface area contributed by atoms with Crippen LogP contribution in [0.3, 0.4) is 0 Å². The van der Waals surface area contributed by atoms with Crippen molar-refractivity contribution < 1.29 is 4.79 Å². The maximum Gasteiger partial charge on any atom is 0.160 e. The van der Waals surface area contributed by atoms with Gasteiger partial charge in [0.15, 0.2) is 6.29 Å². The Morgan fingerprint density at radius 1 is 1.07 bits per heavy atom. The highest BCUT2D eigenvalue weighted by atomic mass is 35.5. The molecule has 0 N–H and O–H groups in total. The average molecular weight is 257 g/mol. The highest BCUT2D eigenvalue weighted by molar-refractivity contribution is 7.12. The fourth-order valence-electron chi connectivity index (χ4n) is 1.24. The van der Waals surface area contributed by atoms with Crippen LogP contribution in [-0.4, -0.2) is 6.29 Å². The third-order valence-electron chi connectivity index (χ3n) is 1.99. The largest absolute Gasteiger partial charge is 0.297 e. The molecule has 1 nitrogen and oxygen atoms in total. The summed E-state index contributed by atoms with van der Waals surface area (Å²) < 4.78 is 0. The normalized spacial score (nSPS) is 10.3. The maximum absolute atomic E-state index is 10.5. The van der Waals surface area contributed by atoms with E-state index in [0.717, 1.165) is 17.4 Å². The molecular formula is C11H6Cl2OS. The van der Waals surface area contributed by atoms with E-state index >= 15 is 0 Å². The molecule has 0 aliphatic carbocycles. The van der Waals surface area contributed by atoms with Gasteiger partial charge in [0, 0.05) is 0 Å². The molecule has 1 aromatic heterocycles. The summed E-state index contributed by atoms with van der Waals surface area (Å²) >= 11 is 13.1. The molecular weight excluding hydrogens is 251 g/mol. The second-order valence-corrected chi connectivity index (χ2v) is 4.74. The van der Waals surface area contributed by atoms with Crippen molar-refractivity contribution in [2.75, 3.05) is 0 Å². The molecule has 0 aliphatic heterocycles. The Kier molecular flexibility index (Phi) is 3.10. The van der Waals surface area contributed by atoms with Crippen molar-refractivity contribution in [3.05, 3.63) is 44.6 Å². The smallest absolute Gasteiger partial charge is 0.160 e. The Bertz CT molecular complexity index is 505. The zero-order valence-corrected chi connectivity index (χ0v) is 9.86. The lowest BCUT2D eigenvalue weighted by atomic mass is 10.1. The minimum Gasteiger partial charge on any atom is -0.297 e. The monoisotopic (exact) mass is 256 g/mol. The summed E-state index contributed by atoms with van der Waals surface area (Å²) in [6.45, 7) is 0. The van der Waals surface area contributed by atoms with Crippen LogP contribution in [0.25, 0.3) is 11.1 Å². The Hall–Kier alpha value is -0.830. The van der Waals surface area contributed by atoms with E-state index in [2.05, 4.69) is 0 Å². The van der Waals surface area contributed by atoms with Gasteiger partial charge in [0.1, 0.15) is 0 Å². The van der Waals surface area contributed by atoms with Crippen molar-refractivity contribution in [1.29, 1.82) is 0 Å². The van der Waals surface area contributed by atoms with Crippen molar-refractivity contribution >= 4 is 40.8 Å². The minimum atomic E-state index is 0.521. The third kappa shape index (κ3) is 2.23. The van der Waals surface area contributed by atoms with Crippen molar-refractivity contribution in [3.8, 4) is 11.1 Å². The molecule has 0 unspecified atom stereocenters. The standard InChI is InChI=1S/C11H6Cl2OS/c12-10-2-1-7(4-11(10)13)8-3-9(5-14)15-6-8/h1-6H. The van der Waals surface area contributed by atoms with Gasteiger partial charge in [-0.1, -0.05) is 29.3 Å². The molecule has 76 valence electrons. The Labute approximate surface area is 101 Å². The number of aldehydes is 1. The topological polar surface area (TPSA) is 17.1 Å². The quantitative estimate of drug-likeness (QED) is 0.722. The molecule has 15 heavy (non-hydrogen) atoms. The first kappa shape index (κ1) is 10.7. The summed E-state index contributed by atoms with van der Waals surface area (Å²) in [6, 6.07) is 7.25. The van der Waals surface area contributed by atoms with Gasteiger partial charge < -0.3 is 0 Å². The van der Waals surface area contributed by atoms with Gasteiger partial charge in [-0.2, -0.15) is 0 Å². The molecule has 0 aliphatic rings. The third-order valence-corrected chi connectivity index (χ3v) is 3.59. The van der Waals surface area contributed by atoms with Crippen molar-refractivity contribution in [2.24, 2.45) is 0 Å². The second kappa shape index (κ2) is 4.35. The molecule has 0 radical (unpaired) electrons. The summed E-state index contributed by atoms with van der Waals surface area (Å²) in [4.78, 5) is 11.2. The molecule has 2 aromatic rings. The van der Waals surface area contributed by atoms with Crippen LogP contribution >= 0.6 is 34.5 Å². The van der Waals surface area contributed by atoms with Crippen LogP contribution in [0.15, 0.2) is 29.6 Å². The van der Waals surface area contributed by atoms with E-state index in [9.17, 15) is 4.79 Å². The highest BCUT2D eigenvalue weighted by Crippen LogP contribution is 2.30. The first-order chi connectivity index (χ1) is 7.20. The lowest BCUT2D eigenvalue weighted by molar-refractivity contribution is 0.112. The highest BCUT2D eigenvalue weighted by Gasteiger charge is 2.04. The van der Waals surface area contributed by atoms with Crippen LogP contribution < -0.4 is 0 Å². The van der Waals surface area contributed by atoms with Gasteiger partial charge in [0.05, 0.1) is 14.9 Å². The average Bonchev–Trinajstić information content (AvgIpc) is 2.70. The van der Waals surface area contributed by atoms with Crippen LogP contribution in [0.5, 0.6) is 0 Å². The molecule has 1 heterocycles. The van der Waals surface area contributed by atoms with Crippen LogP contribution in [-0.2, 0) is 0 Å². The number of hydrogen-bond donors (Lipinski definition) is 0. The van der Waals surface area contributed by atoms with E-state index in [-0.39, 0.29) is 0 Å². The molecule has 4 heteroatoms. The summed E-state index contributed by atoms with van der Waals surface area (Å²) in [6.07, 6.45) is 0.839. The van der Waals surface area contributed by atoms with E-state index in [4.69, 9.17) is 23.2 Å². The van der Waals surface area contributed by atoms with E-state index in [0.29, 0.717) is 14.9 Å². The SMILES string of the molecule is O=Cc1cc(-c2ccc(Cl)c(Cl)c2)cs1. The van der Waals surface area contributed by atoms with Gasteiger partial charge in [0.25, 0.3) is 0 Å². The maximum atomic E-state index is 10.5. The number of thiophene rings is 1. The zero-order valence-electron chi connectivity index (χ0n) is 7.54. The molecule has 0 bridgehead atoms. The van der Waals surface area contributed by atoms with Crippen LogP contribution in [0.1, 0.15) is 9.67 Å². The number of carbonyl (C=O) groups excluding carboxylic acids is 1. The Balaban J connectivity index is 2.44. The fourth-order valence-corrected chi connectivity index (χ4v) is 2.26. The molecule has 0 saturated carbocycles. The van der Waals surface area contributed by atoms with E-state index in [1.807, 2.05) is 17.5 Å². The summed E-state index contributed by atoms with van der Waals surface area (Å²) in [5, 5.41) is 2.97. The van der Waals surface area contributed by atoms with Gasteiger partial charge in [0.2, 0.25) is 0 Å². The van der Waals surface area contributed by atoms with Gasteiger partial charge in [-0.15, -0.1) is 11.3 Å². The van der Waals surface area contributed by atoms with Gasteiger partial charge in [-0.3, -0.25) is 4.79 Å². The Morgan fingerprint density at radius 2 is 1.87 bits per heavy atom. The van der Waals surface area contributed by atoms with E-state index < -0.39 is 0 Å². The number of halogens is 2. The number of rotatable bonds is 2. The Morgan fingerprint density at radius 3 is 2.47 bits per heavy atom. The van der Waals surface area contributed by atoms with E-state index in [1.54, 1.807) is 12.1 Å². The minimum absolute atomic E-state index is 0.521. The molecule has 0 spiro atoms. The molecule has 0 fully saturated rings. The summed E-state index contributed by atoms with van der Waals surface area (Å²) in [5.74, 6) is 0. The predicted octanol–water partition coefficient (Wildman–Crippen LogP) is 4.53. The van der Waals surface area contributed by atoms with Gasteiger partial charge in [-0.25, -0.2) is 0 Å². The fraction of sp³-hybridized carbons (Fsp3) is 0. The predicted molar refractivity (Wildman–Crippen MR) is 65.2 cm³/mol. The number of benzene rings is 1. The van der Waals surface area contributed by atoms with Crippen molar-refractivity contribution in [2.45, 2.75) is 0 Å². The summed E-state index contributed by atoms with van der Waals surface area (Å²) in [7, 11) is 0. The molecule has 1 aromatic carbocycles. The zero-order chi connectivity index (χ0) is 10.8. The first-order valence-electron chi connectivity index (χ1n) is 4.20. The second-order valence-electron chi connectivity index (χ2n) is 2.98. The van der Waals surface area contributed by atoms with Crippen LogP contribution in [0, 0.1) is 0 Å². The molecule has 0 saturated heterocycles. The van der Waals surface area contributed by atoms with Crippen molar-refractivity contribution in [3.63, 3.8) is 0 Å². The van der Waals surface area contributed by atoms with Crippen LogP contribution in [0.2, 0.25) is 10.0 Å².